The summed E-state index contributed by atoms with van der Waals surface area (Å²) in [6.45, 7) is 3.81. The number of amides is 1. The van der Waals surface area contributed by atoms with Crippen LogP contribution < -0.4 is 15.4 Å². The number of pyridine rings is 1. The minimum Gasteiger partial charge on any atom is -0.495 e. The first kappa shape index (κ1) is 16.1. The lowest BCUT2D eigenvalue weighted by Crippen LogP contribution is -2.30. The third-order valence-corrected chi connectivity index (χ3v) is 3.10. The maximum atomic E-state index is 12.0. The second-order valence-electron chi connectivity index (χ2n) is 5.06. The van der Waals surface area contributed by atoms with Crippen LogP contribution in [0.4, 0.5) is 11.4 Å². The van der Waals surface area contributed by atoms with Crippen LogP contribution in [-0.4, -0.2) is 24.0 Å². The van der Waals surface area contributed by atoms with E-state index in [4.69, 9.17) is 16.3 Å². The van der Waals surface area contributed by atoms with Gasteiger partial charge in [0.25, 0.3) is 5.91 Å². The van der Waals surface area contributed by atoms with E-state index in [0.717, 1.165) is 0 Å². The second kappa shape index (κ2) is 7.13. The molecule has 2 rings (SSSR count). The van der Waals surface area contributed by atoms with Gasteiger partial charge in [0.05, 0.1) is 30.2 Å². The summed E-state index contributed by atoms with van der Waals surface area (Å²) < 4.78 is 5.28. The Morgan fingerprint density at radius 3 is 2.73 bits per heavy atom. The van der Waals surface area contributed by atoms with Crippen molar-refractivity contribution >= 4 is 28.9 Å². The van der Waals surface area contributed by atoms with Gasteiger partial charge in [-0.15, -0.1) is 0 Å². The first-order valence-corrected chi connectivity index (χ1v) is 7.24. The lowest BCUT2D eigenvalue weighted by molar-refractivity contribution is 0.0943. The Kier molecular flexibility index (Phi) is 5.22. The van der Waals surface area contributed by atoms with E-state index < -0.39 is 0 Å². The van der Waals surface area contributed by atoms with Crippen molar-refractivity contribution in [3.05, 3.63) is 47.2 Å². The molecule has 6 heteroatoms. The van der Waals surface area contributed by atoms with Crippen LogP contribution in [0.15, 0.2) is 36.7 Å². The average Bonchev–Trinajstić information content (AvgIpc) is 2.47. The summed E-state index contributed by atoms with van der Waals surface area (Å²) in [6.07, 6.45) is 3.16. The van der Waals surface area contributed by atoms with Crippen molar-refractivity contribution in [1.29, 1.82) is 0 Å². The number of carbonyl (C=O) groups is 1. The van der Waals surface area contributed by atoms with E-state index in [1.807, 2.05) is 13.8 Å². The van der Waals surface area contributed by atoms with Crippen molar-refractivity contribution in [3.63, 3.8) is 0 Å². The van der Waals surface area contributed by atoms with E-state index >= 15 is 0 Å². The van der Waals surface area contributed by atoms with Crippen LogP contribution in [-0.2, 0) is 0 Å². The third-order valence-electron chi connectivity index (χ3n) is 2.86. The van der Waals surface area contributed by atoms with Gasteiger partial charge >= 0.3 is 0 Å². The molecule has 0 unspecified atom stereocenters. The van der Waals surface area contributed by atoms with Crippen LogP contribution in [0.2, 0.25) is 5.02 Å². The van der Waals surface area contributed by atoms with Crippen LogP contribution >= 0.6 is 11.6 Å². The van der Waals surface area contributed by atoms with Gasteiger partial charge in [-0.2, -0.15) is 0 Å². The Balaban J connectivity index is 2.24. The summed E-state index contributed by atoms with van der Waals surface area (Å²) in [4.78, 5) is 16.1. The summed E-state index contributed by atoms with van der Waals surface area (Å²) in [6, 6.07) is 7.06. The number of hydrogen-bond donors (Lipinski definition) is 2. The van der Waals surface area contributed by atoms with Gasteiger partial charge in [0.2, 0.25) is 0 Å². The molecule has 1 aromatic carbocycles. The molecule has 0 aliphatic heterocycles. The first-order valence-electron chi connectivity index (χ1n) is 6.86. The lowest BCUT2D eigenvalue weighted by Gasteiger charge is -2.13. The van der Waals surface area contributed by atoms with Gasteiger partial charge in [-0.05, 0) is 38.1 Å². The molecule has 0 atom stereocenters. The zero-order valence-corrected chi connectivity index (χ0v) is 13.4. The number of anilines is 2. The van der Waals surface area contributed by atoms with Gasteiger partial charge in [0, 0.05) is 17.3 Å². The van der Waals surface area contributed by atoms with E-state index in [-0.39, 0.29) is 11.9 Å². The van der Waals surface area contributed by atoms with Crippen molar-refractivity contribution in [3.8, 4) is 5.75 Å². The van der Waals surface area contributed by atoms with Gasteiger partial charge < -0.3 is 15.4 Å². The summed E-state index contributed by atoms with van der Waals surface area (Å²) in [5, 5.41) is 6.58. The molecule has 0 bridgehead atoms. The zero-order chi connectivity index (χ0) is 16.1. The Morgan fingerprint density at radius 2 is 2.05 bits per heavy atom. The molecular formula is C16H18ClN3O2. The molecule has 1 amide bonds. The summed E-state index contributed by atoms with van der Waals surface area (Å²) in [7, 11) is 1.58. The van der Waals surface area contributed by atoms with Gasteiger partial charge in [-0.25, -0.2) is 0 Å². The number of nitrogens with one attached hydrogen (secondary N) is 2. The minimum atomic E-state index is -0.163. The molecule has 0 saturated carbocycles. The molecule has 0 aliphatic rings. The normalized spacial score (nSPS) is 10.4. The minimum absolute atomic E-state index is 0.0668. The fourth-order valence-electron chi connectivity index (χ4n) is 1.91. The highest BCUT2D eigenvalue weighted by Crippen LogP contribution is 2.30. The van der Waals surface area contributed by atoms with Gasteiger partial charge in [0.15, 0.2) is 0 Å². The van der Waals surface area contributed by atoms with Crippen molar-refractivity contribution in [2.24, 2.45) is 0 Å². The number of methoxy groups -OCH3 is 1. The maximum Gasteiger partial charge on any atom is 0.253 e. The highest BCUT2D eigenvalue weighted by molar-refractivity contribution is 6.31. The number of ether oxygens (including phenoxy) is 1. The monoisotopic (exact) mass is 319 g/mol. The molecule has 1 aromatic heterocycles. The summed E-state index contributed by atoms with van der Waals surface area (Å²) >= 11 is 6.00. The van der Waals surface area contributed by atoms with Crippen molar-refractivity contribution in [1.82, 2.24) is 10.3 Å². The molecule has 0 spiro atoms. The number of carbonyl (C=O) groups excluding carboxylic acids is 1. The Morgan fingerprint density at radius 1 is 1.27 bits per heavy atom. The number of aromatic nitrogens is 1. The molecular weight excluding hydrogens is 302 g/mol. The maximum absolute atomic E-state index is 12.0. The molecule has 0 aliphatic carbocycles. The van der Waals surface area contributed by atoms with Crippen molar-refractivity contribution in [2.75, 3.05) is 12.4 Å². The quantitative estimate of drug-likeness (QED) is 0.883. The van der Waals surface area contributed by atoms with Crippen LogP contribution in [0, 0.1) is 0 Å². The number of rotatable bonds is 5. The molecule has 2 aromatic rings. The highest BCUT2D eigenvalue weighted by Gasteiger charge is 2.10. The predicted molar refractivity (Wildman–Crippen MR) is 88.1 cm³/mol. The molecule has 2 N–H and O–H groups in total. The number of hydrogen-bond acceptors (Lipinski definition) is 4. The fraction of sp³-hybridized carbons (Fsp3) is 0.250. The van der Waals surface area contributed by atoms with Crippen LogP contribution in [0.1, 0.15) is 24.2 Å². The molecule has 5 nitrogen and oxygen atoms in total. The molecule has 116 valence electrons. The van der Waals surface area contributed by atoms with Gasteiger partial charge in [-0.3, -0.25) is 9.78 Å². The molecule has 0 fully saturated rings. The Bertz CT molecular complexity index is 674. The lowest BCUT2D eigenvalue weighted by atomic mass is 10.2. The molecule has 0 radical (unpaired) electrons. The number of halogens is 1. The molecule has 1 heterocycles. The van der Waals surface area contributed by atoms with Gasteiger partial charge in [0.1, 0.15) is 5.75 Å². The van der Waals surface area contributed by atoms with Crippen LogP contribution in [0.25, 0.3) is 0 Å². The molecule has 0 saturated heterocycles. The average molecular weight is 320 g/mol. The SMILES string of the molecule is COc1ccc(Cl)cc1Nc1cncc(C(=O)NC(C)C)c1. The smallest absolute Gasteiger partial charge is 0.253 e. The summed E-state index contributed by atoms with van der Waals surface area (Å²) in [5.74, 6) is 0.491. The third kappa shape index (κ3) is 4.11. The van der Waals surface area contributed by atoms with Crippen LogP contribution in [0.5, 0.6) is 5.75 Å². The first-order chi connectivity index (χ1) is 10.5. The van der Waals surface area contributed by atoms with E-state index in [0.29, 0.717) is 27.7 Å². The zero-order valence-electron chi connectivity index (χ0n) is 12.7. The largest absolute Gasteiger partial charge is 0.495 e. The van der Waals surface area contributed by atoms with Crippen molar-refractivity contribution < 1.29 is 9.53 Å². The number of nitrogens with zero attached hydrogens (tertiary/aromatic N) is 1. The summed E-state index contributed by atoms with van der Waals surface area (Å²) in [5.41, 5.74) is 1.87. The number of benzene rings is 1. The molecule has 22 heavy (non-hydrogen) atoms. The highest BCUT2D eigenvalue weighted by atomic mass is 35.5. The van der Waals surface area contributed by atoms with Crippen molar-refractivity contribution in [2.45, 2.75) is 19.9 Å². The topological polar surface area (TPSA) is 63.2 Å². The van der Waals surface area contributed by atoms with E-state index in [2.05, 4.69) is 15.6 Å². The fourth-order valence-corrected chi connectivity index (χ4v) is 2.08. The van der Waals surface area contributed by atoms with E-state index in [1.165, 1.54) is 6.20 Å². The van der Waals surface area contributed by atoms with Gasteiger partial charge in [-0.1, -0.05) is 11.6 Å². The van der Waals surface area contributed by atoms with E-state index in [1.54, 1.807) is 37.6 Å². The van der Waals surface area contributed by atoms with Crippen LogP contribution in [0.3, 0.4) is 0 Å². The Hall–Kier alpha value is -2.27. The van der Waals surface area contributed by atoms with E-state index in [9.17, 15) is 4.79 Å². The predicted octanol–water partition coefficient (Wildman–Crippen LogP) is 3.63. The Labute approximate surface area is 134 Å². The standard InChI is InChI=1S/C16H18ClN3O2/c1-10(2)19-16(21)11-6-13(9-18-8-11)20-14-7-12(17)4-5-15(14)22-3/h4-10,20H,1-3H3,(H,19,21). The second-order valence-corrected chi connectivity index (χ2v) is 5.50.